The summed E-state index contributed by atoms with van der Waals surface area (Å²) in [5, 5.41) is 4.95. The highest BCUT2D eigenvalue weighted by atomic mass is 35.5. The monoisotopic (exact) mass is 271 g/mol. The van der Waals surface area contributed by atoms with Gasteiger partial charge in [0.25, 0.3) is 0 Å². The summed E-state index contributed by atoms with van der Waals surface area (Å²) >= 11 is 11.8. The van der Waals surface area contributed by atoms with E-state index in [0.717, 1.165) is 17.0 Å². The van der Waals surface area contributed by atoms with E-state index >= 15 is 0 Å². The minimum absolute atomic E-state index is 0.387. The third-order valence-corrected chi connectivity index (χ3v) is 2.84. The maximum Gasteiger partial charge on any atom is 0.140 e. The van der Waals surface area contributed by atoms with Crippen LogP contribution in [0.1, 0.15) is 17.0 Å². The van der Waals surface area contributed by atoms with Gasteiger partial charge in [0.15, 0.2) is 0 Å². The van der Waals surface area contributed by atoms with Crippen molar-refractivity contribution in [3.05, 3.63) is 45.3 Å². The third kappa shape index (κ3) is 2.93. The van der Waals surface area contributed by atoms with Crippen LogP contribution in [0.15, 0.2) is 22.7 Å². The quantitative estimate of drug-likeness (QED) is 0.840. The zero-order valence-electron chi connectivity index (χ0n) is 9.46. The molecule has 0 amide bonds. The third-order valence-electron chi connectivity index (χ3n) is 2.40. The van der Waals surface area contributed by atoms with Crippen LogP contribution in [0.3, 0.4) is 0 Å². The fourth-order valence-corrected chi connectivity index (χ4v) is 1.98. The van der Waals surface area contributed by atoms with E-state index in [2.05, 4.69) is 5.16 Å². The largest absolute Gasteiger partial charge is 0.489 e. The Balaban J connectivity index is 2.12. The van der Waals surface area contributed by atoms with E-state index in [1.54, 1.807) is 18.2 Å². The molecule has 0 aliphatic heterocycles. The second kappa shape index (κ2) is 4.98. The smallest absolute Gasteiger partial charge is 0.140 e. The minimum Gasteiger partial charge on any atom is -0.489 e. The molecule has 5 heteroatoms. The lowest BCUT2D eigenvalue weighted by atomic mass is 10.2. The van der Waals surface area contributed by atoms with Gasteiger partial charge in [0.2, 0.25) is 0 Å². The molecule has 0 atom stereocenters. The summed E-state index contributed by atoms with van der Waals surface area (Å²) in [6.07, 6.45) is 0. The number of halogens is 2. The molecule has 2 aromatic rings. The van der Waals surface area contributed by atoms with Gasteiger partial charge in [0, 0.05) is 10.0 Å². The number of nitrogens with zero attached hydrogens (tertiary/aromatic N) is 1. The SMILES string of the molecule is Cc1noc(C)c1COc1cc(Cl)cc(Cl)c1. The minimum atomic E-state index is 0.387. The highest BCUT2D eigenvalue weighted by molar-refractivity contribution is 6.34. The van der Waals surface area contributed by atoms with Crippen LogP contribution in [-0.4, -0.2) is 5.16 Å². The molecule has 0 unspecified atom stereocenters. The van der Waals surface area contributed by atoms with Crippen LogP contribution >= 0.6 is 23.2 Å². The van der Waals surface area contributed by atoms with Crippen molar-refractivity contribution in [3.63, 3.8) is 0 Å². The average molecular weight is 272 g/mol. The second-order valence-corrected chi connectivity index (χ2v) is 4.57. The Bertz CT molecular complexity index is 498. The van der Waals surface area contributed by atoms with Crippen molar-refractivity contribution in [2.75, 3.05) is 0 Å². The van der Waals surface area contributed by atoms with Crippen molar-refractivity contribution >= 4 is 23.2 Å². The van der Waals surface area contributed by atoms with Gasteiger partial charge in [-0.25, -0.2) is 0 Å². The molecule has 1 heterocycles. The topological polar surface area (TPSA) is 35.3 Å². The van der Waals surface area contributed by atoms with Gasteiger partial charge >= 0.3 is 0 Å². The Morgan fingerprint density at radius 1 is 1.18 bits per heavy atom. The summed E-state index contributed by atoms with van der Waals surface area (Å²) in [6.45, 7) is 4.11. The van der Waals surface area contributed by atoms with Crippen LogP contribution in [-0.2, 0) is 6.61 Å². The summed E-state index contributed by atoms with van der Waals surface area (Å²) in [7, 11) is 0. The summed E-state index contributed by atoms with van der Waals surface area (Å²) < 4.78 is 10.7. The first-order chi connectivity index (χ1) is 8.06. The van der Waals surface area contributed by atoms with Crippen molar-refractivity contribution < 1.29 is 9.26 Å². The molecule has 0 saturated carbocycles. The number of rotatable bonds is 3. The summed E-state index contributed by atoms with van der Waals surface area (Å²) in [4.78, 5) is 0. The van der Waals surface area contributed by atoms with Crippen LogP contribution in [0.2, 0.25) is 10.0 Å². The number of ether oxygens (including phenoxy) is 1. The predicted molar refractivity (Wildman–Crippen MR) is 66.8 cm³/mol. The van der Waals surface area contributed by atoms with Gasteiger partial charge in [0.1, 0.15) is 18.1 Å². The second-order valence-electron chi connectivity index (χ2n) is 3.70. The molecule has 1 aromatic heterocycles. The zero-order valence-corrected chi connectivity index (χ0v) is 11.0. The molecule has 2 rings (SSSR count). The number of hydrogen-bond donors (Lipinski definition) is 0. The first-order valence-electron chi connectivity index (χ1n) is 5.07. The molecule has 0 aliphatic rings. The van der Waals surface area contributed by atoms with E-state index in [-0.39, 0.29) is 0 Å². The van der Waals surface area contributed by atoms with Gasteiger partial charge in [-0.15, -0.1) is 0 Å². The lowest BCUT2D eigenvalue weighted by Crippen LogP contribution is -1.97. The lowest BCUT2D eigenvalue weighted by Gasteiger charge is -2.06. The Kier molecular flexibility index (Phi) is 3.60. The summed E-state index contributed by atoms with van der Waals surface area (Å²) in [6, 6.07) is 5.09. The van der Waals surface area contributed by atoms with Crippen LogP contribution in [0.5, 0.6) is 5.75 Å². The van der Waals surface area contributed by atoms with Gasteiger partial charge in [-0.1, -0.05) is 28.4 Å². The molecule has 1 aromatic carbocycles. The van der Waals surface area contributed by atoms with Crippen LogP contribution in [0, 0.1) is 13.8 Å². The molecule has 0 radical (unpaired) electrons. The molecule has 0 N–H and O–H groups in total. The first-order valence-corrected chi connectivity index (χ1v) is 5.82. The molecule has 0 fully saturated rings. The van der Waals surface area contributed by atoms with E-state index in [1.165, 1.54) is 0 Å². The predicted octanol–water partition coefficient (Wildman–Crippen LogP) is 4.18. The van der Waals surface area contributed by atoms with Crippen LogP contribution < -0.4 is 4.74 Å². The van der Waals surface area contributed by atoms with Crippen molar-refractivity contribution in [3.8, 4) is 5.75 Å². The molecular weight excluding hydrogens is 261 g/mol. The van der Waals surface area contributed by atoms with Crippen LogP contribution in [0.4, 0.5) is 0 Å². The number of aryl methyl sites for hydroxylation is 2. The average Bonchev–Trinajstić information content (AvgIpc) is 2.55. The molecule has 3 nitrogen and oxygen atoms in total. The maximum atomic E-state index is 5.88. The van der Waals surface area contributed by atoms with Gasteiger partial charge in [-0.2, -0.15) is 0 Å². The van der Waals surface area contributed by atoms with E-state index in [1.807, 2.05) is 13.8 Å². The number of aromatic nitrogens is 1. The van der Waals surface area contributed by atoms with E-state index in [0.29, 0.717) is 22.4 Å². The van der Waals surface area contributed by atoms with Crippen LogP contribution in [0.25, 0.3) is 0 Å². The summed E-state index contributed by atoms with van der Waals surface area (Å²) in [5.41, 5.74) is 1.77. The molecule has 0 bridgehead atoms. The maximum absolute atomic E-state index is 5.88. The van der Waals surface area contributed by atoms with E-state index < -0.39 is 0 Å². The Labute approximate surface area is 109 Å². The van der Waals surface area contributed by atoms with Gasteiger partial charge in [-0.3, -0.25) is 0 Å². The van der Waals surface area contributed by atoms with Crippen molar-refractivity contribution in [1.29, 1.82) is 0 Å². The van der Waals surface area contributed by atoms with Gasteiger partial charge in [-0.05, 0) is 32.0 Å². The van der Waals surface area contributed by atoms with E-state index in [4.69, 9.17) is 32.5 Å². The standard InChI is InChI=1S/C12H11Cl2NO2/c1-7-12(8(2)17-15-7)6-16-11-4-9(13)3-10(14)5-11/h3-5H,6H2,1-2H3. The fraction of sp³-hybridized carbons (Fsp3) is 0.250. The van der Waals surface area contributed by atoms with Crippen molar-refractivity contribution in [1.82, 2.24) is 5.16 Å². The molecular formula is C12H11Cl2NO2. The Hall–Kier alpha value is -1.19. The normalized spacial score (nSPS) is 10.6. The van der Waals surface area contributed by atoms with E-state index in [9.17, 15) is 0 Å². The molecule has 17 heavy (non-hydrogen) atoms. The number of hydrogen-bond acceptors (Lipinski definition) is 3. The first kappa shape index (κ1) is 12.3. The van der Waals surface area contributed by atoms with Gasteiger partial charge < -0.3 is 9.26 Å². The Morgan fingerprint density at radius 2 is 1.82 bits per heavy atom. The molecule has 0 aliphatic carbocycles. The highest BCUT2D eigenvalue weighted by Gasteiger charge is 2.09. The van der Waals surface area contributed by atoms with Crippen molar-refractivity contribution in [2.45, 2.75) is 20.5 Å². The van der Waals surface area contributed by atoms with Crippen molar-refractivity contribution in [2.24, 2.45) is 0 Å². The summed E-state index contributed by atoms with van der Waals surface area (Å²) in [5.74, 6) is 1.39. The number of benzene rings is 1. The zero-order chi connectivity index (χ0) is 12.4. The lowest BCUT2D eigenvalue weighted by molar-refractivity contribution is 0.302. The Morgan fingerprint density at radius 3 is 2.35 bits per heavy atom. The fourth-order valence-electron chi connectivity index (χ4n) is 1.48. The molecule has 0 saturated heterocycles. The van der Waals surface area contributed by atoms with Gasteiger partial charge in [0.05, 0.1) is 11.3 Å². The molecule has 0 spiro atoms. The highest BCUT2D eigenvalue weighted by Crippen LogP contribution is 2.25. The molecule has 90 valence electrons.